The zero-order valence-electron chi connectivity index (χ0n) is 11.7. The van der Waals surface area contributed by atoms with Gasteiger partial charge >= 0.3 is 0 Å². The van der Waals surface area contributed by atoms with Gasteiger partial charge in [-0.05, 0) is 43.5 Å². The minimum absolute atomic E-state index is 0.102. The van der Waals surface area contributed by atoms with Gasteiger partial charge < -0.3 is 9.84 Å². The van der Waals surface area contributed by atoms with Crippen LogP contribution in [0.25, 0.3) is 0 Å². The van der Waals surface area contributed by atoms with Crippen molar-refractivity contribution < 1.29 is 18.3 Å². The molecule has 0 bridgehead atoms. The van der Waals surface area contributed by atoms with Gasteiger partial charge in [-0.3, -0.25) is 0 Å². The molecule has 0 radical (unpaired) electrons. The fourth-order valence-electron chi connectivity index (χ4n) is 1.67. The lowest BCUT2D eigenvalue weighted by atomic mass is 10.1. The van der Waals surface area contributed by atoms with E-state index in [0.717, 1.165) is 11.1 Å². The highest BCUT2D eigenvalue weighted by atomic mass is 32.2. The summed E-state index contributed by atoms with van der Waals surface area (Å²) in [5, 5.41) is 9.10. The van der Waals surface area contributed by atoms with Gasteiger partial charge in [-0.15, -0.1) is 0 Å². The van der Waals surface area contributed by atoms with E-state index in [4.69, 9.17) is 9.84 Å². The molecule has 19 heavy (non-hydrogen) atoms. The molecule has 0 fully saturated rings. The van der Waals surface area contributed by atoms with Gasteiger partial charge in [0, 0.05) is 6.04 Å². The van der Waals surface area contributed by atoms with Crippen molar-refractivity contribution in [1.29, 1.82) is 0 Å². The van der Waals surface area contributed by atoms with Crippen molar-refractivity contribution in [3.05, 3.63) is 23.3 Å². The van der Waals surface area contributed by atoms with Crippen LogP contribution in [-0.4, -0.2) is 33.3 Å². The standard InChI is InChI=1S/C13H21NO4S/c1-5-11(8-15)14-19(16,17)13-7-10(3)9(2)6-12(13)18-4/h6-7,11,14-15H,5,8H2,1-4H3/t11-/m0/s1. The number of benzene rings is 1. The quantitative estimate of drug-likeness (QED) is 0.828. The Labute approximate surface area is 114 Å². The molecule has 108 valence electrons. The Morgan fingerprint density at radius 2 is 1.89 bits per heavy atom. The molecular weight excluding hydrogens is 266 g/mol. The van der Waals surface area contributed by atoms with E-state index in [1.54, 1.807) is 19.1 Å². The summed E-state index contributed by atoms with van der Waals surface area (Å²) in [7, 11) is -2.26. The zero-order valence-corrected chi connectivity index (χ0v) is 12.5. The molecule has 0 amide bonds. The molecule has 5 nitrogen and oxygen atoms in total. The lowest BCUT2D eigenvalue weighted by Crippen LogP contribution is -2.37. The largest absolute Gasteiger partial charge is 0.495 e. The maximum absolute atomic E-state index is 12.3. The third-order valence-corrected chi connectivity index (χ3v) is 4.65. The Hall–Kier alpha value is -1.11. The first-order valence-electron chi connectivity index (χ1n) is 6.14. The number of aryl methyl sites for hydroxylation is 2. The van der Waals surface area contributed by atoms with Crippen LogP contribution in [0.4, 0.5) is 0 Å². The number of nitrogens with one attached hydrogen (secondary N) is 1. The number of sulfonamides is 1. The van der Waals surface area contributed by atoms with Crippen LogP contribution in [0.5, 0.6) is 5.75 Å². The topological polar surface area (TPSA) is 75.6 Å². The summed E-state index contributed by atoms with van der Waals surface area (Å²) in [5.41, 5.74) is 1.84. The van der Waals surface area contributed by atoms with E-state index < -0.39 is 16.1 Å². The summed E-state index contributed by atoms with van der Waals surface area (Å²) in [4.78, 5) is 0.102. The van der Waals surface area contributed by atoms with E-state index in [-0.39, 0.29) is 11.5 Å². The van der Waals surface area contributed by atoms with Crippen LogP contribution in [0.2, 0.25) is 0 Å². The lowest BCUT2D eigenvalue weighted by Gasteiger charge is -2.17. The van der Waals surface area contributed by atoms with Crippen molar-refractivity contribution in [3.63, 3.8) is 0 Å². The second kappa shape index (κ2) is 6.36. The Kier molecular flexibility index (Phi) is 5.34. The first-order chi connectivity index (χ1) is 8.85. The van der Waals surface area contributed by atoms with E-state index in [2.05, 4.69) is 4.72 Å². The third-order valence-electron chi connectivity index (χ3n) is 3.10. The summed E-state index contributed by atoms with van der Waals surface area (Å²) in [6.45, 7) is 5.31. The average molecular weight is 287 g/mol. The van der Waals surface area contributed by atoms with E-state index in [1.807, 2.05) is 13.8 Å². The third kappa shape index (κ3) is 3.68. The molecule has 0 aliphatic rings. The Balaban J connectivity index is 3.24. The van der Waals surface area contributed by atoms with Crippen molar-refractivity contribution in [2.45, 2.75) is 38.1 Å². The van der Waals surface area contributed by atoms with Gasteiger partial charge in [0.2, 0.25) is 10.0 Å². The van der Waals surface area contributed by atoms with Crippen LogP contribution in [0, 0.1) is 13.8 Å². The van der Waals surface area contributed by atoms with Crippen LogP contribution >= 0.6 is 0 Å². The Morgan fingerprint density at radius 1 is 1.32 bits per heavy atom. The van der Waals surface area contributed by atoms with Gasteiger partial charge in [0.05, 0.1) is 13.7 Å². The van der Waals surface area contributed by atoms with Gasteiger partial charge in [-0.2, -0.15) is 0 Å². The average Bonchev–Trinajstić information content (AvgIpc) is 2.38. The lowest BCUT2D eigenvalue weighted by molar-refractivity contribution is 0.253. The molecule has 0 unspecified atom stereocenters. The van der Waals surface area contributed by atoms with Gasteiger partial charge in [-0.1, -0.05) is 6.92 Å². The number of aliphatic hydroxyl groups excluding tert-OH is 1. The Morgan fingerprint density at radius 3 is 2.37 bits per heavy atom. The predicted octanol–water partition coefficient (Wildman–Crippen LogP) is 1.36. The highest BCUT2D eigenvalue weighted by Crippen LogP contribution is 2.27. The number of aliphatic hydroxyl groups is 1. The normalized spacial score (nSPS) is 13.3. The molecule has 1 atom stereocenters. The van der Waals surface area contributed by atoms with Crippen LogP contribution in [0.15, 0.2) is 17.0 Å². The Bertz CT molecular complexity index is 536. The van der Waals surface area contributed by atoms with Crippen molar-refractivity contribution >= 4 is 10.0 Å². The number of rotatable bonds is 6. The second-order valence-electron chi connectivity index (χ2n) is 4.50. The van der Waals surface area contributed by atoms with E-state index in [1.165, 1.54) is 7.11 Å². The molecule has 1 rings (SSSR count). The smallest absolute Gasteiger partial charge is 0.244 e. The van der Waals surface area contributed by atoms with E-state index in [0.29, 0.717) is 12.2 Å². The maximum Gasteiger partial charge on any atom is 0.244 e. The number of hydrogen-bond donors (Lipinski definition) is 2. The molecule has 0 saturated heterocycles. The van der Waals surface area contributed by atoms with Crippen LogP contribution in [0.1, 0.15) is 24.5 Å². The zero-order chi connectivity index (χ0) is 14.6. The number of ether oxygens (including phenoxy) is 1. The van der Waals surface area contributed by atoms with Gasteiger partial charge in [0.25, 0.3) is 0 Å². The molecule has 1 aromatic rings. The predicted molar refractivity (Wildman–Crippen MR) is 74.0 cm³/mol. The van der Waals surface area contributed by atoms with Crippen molar-refractivity contribution in [3.8, 4) is 5.75 Å². The molecule has 0 saturated carbocycles. The van der Waals surface area contributed by atoms with Gasteiger partial charge in [-0.25, -0.2) is 13.1 Å². The minimum Gasteiger partial charge on any atom is -0.495 e. The second-order valence-corrected chi connectivity index (χ2v) is 6.18. The van der Waals surface area contributed by atoms with E-state index >= 15 is 0 Å². The van der Waals surface area contributed by atoms with Crippen molar-refractivity contribution in [2.75, 3.05) is 13.7 Å². The summed E-state index contributed by atoms with van der Waals surface area (Å²) >= 11 is 0. The van der Waals surface area contributed by atoms with E-state index in [9.17, 15) is 8.42 Å². The molecule has 0 spiro atoms. The van der Waals surface area contributed by atoms with Crippen molar-refractivity contribution in [2.24, 2.45) is 0 Å². The molecule has 0 aliphatic carbocycles. The molecule has 0 aromatic heterocycles. The molecule has 1 aromatic carbocycles. The summed E-state index contributed by atoms with van der Waals surface area (Å²) in [6.07, 6.45) is 0.517. The summed E-state index contributed by atoms with van der Waals surface area (Å²) in [5.74, 6) is 0.309. The molecule has 2 N–H and O–H groups in total. The molecular formula is C13H21NO4S. The molecule has 6 heteroatoms. The first kappa shape index (κ1) is 15.9. The molecule has 0 aliphatic heterocycles. The van der Waals surface area contributed by atoms with Crippen molar-refractivity contribution in [1.82, 2.24) is 4.72 Å². The minimum atomic E-state index is -3.70. The van der Waals surface area contributed by atoms with Crippen LogP contribution in [0.3, 0.4) is 0 Å². The fraction of sp³-hybridized carbons (Fsp3) is 0.538. The molecule has 0 heterocycles. The number of methoxy groups -OCH3 is 1. The fourth-order valence-corrected chi connectivity index (χ4v) is 3.21. The maximum atomic E-state index is 12.3. The number of hydrogen-bond acceptors (Lipinski definition) is 4. The monoisotopic (exact) mass is 287 g/mol. The highest BCUT2D eigenvalue weighted by molar-refractivity contribution is 7.89. The summed E-state index contributed by atoms with van der Waals surface area (Å²) < 4.78 is 32.2. The summed E-state index contributed by atoms with van der Waals surface area (Å²) in [6, 6.07) is 2.79. The van der Waals surface area contributed by atoms with Crippen LogP contribution < -0.4 is 9.46 Å². The van der Waals surface area contributed by atoms with Gasteiger partial charge in [0.15, 0.2) is 0 Å². The first-order valence-corrected chi connectivity index (χ1v) is 7.62. The highest BCUT2D eigenvalue weighted by Gasteiger charge is 2.23. The van der Waals surface area contributed by atoms with Crippen LogP contribution in [-0.2, 0) is 10.0 Å². The SMILES string of the molecule is CC[C@@H](CO)NS(=O)(=O)c1cc(C)c(C)cc1OC. The van der Waals surface area contributed by atoms with Gasteiger partial charge in [0.1, 0.15) is 10.6 Å².